The van der Waals surface area contributed by atoms with Crippen LogP contribution in [-0.4, -0.2) is 22.8 Å². The zero-order valence-electron chi connectivity index (χ0n) is 19.1. The van der Waals surface area contributed by atoms with Crippen LogP contribution < -0.4 is 16.6 Å². The van der Waals surface area contributed by atoms with Crippen LogP contribution >= 0.6 is 0 Å². The van der Waals surface area contributed by atoms with E-state index >= 15 is 0 Å². The summed E-state index contributed by atoms with van der Waals surface area (Å²) >= 11 is 0. The van der Waals surface area contributed by atoms with Gasteiger partial charge >= 0.3 is 0 Å². The quantitative estimate of drug-likeness (QED) is 0.623. The summed E-state index contributed by atoms with van der Waals surface area (Å²) in [4.78, 5) is 30.0. The summed E-state index contributed by atoms with van der Waals surface area (Å²) in [5.41, 5.74) is 13.6. The van der Waals surface area contributed by atoms with E-state index in [4.69, 9.17) is 5.73 Å². The number of pyridine rings is 1. The van der Waals surface area contributed by atoms with Crippen molar-refractivity contribution in [2.24, 2.45) is 29.4 Å². The molecular formula is C26H34N4O2. The first-order chi connectivity index (χ1) is 15.4. The van der Waals surface area contributed by atoms with Gasteiger partial charge in [-0.05, 0) is 85.3 Å². The van der Waals surface area contributed by atoms with Crippen molar-refractivity contribution in [3.63, 3.8) is 0 Å². The van der Waals surface area contributed by atoms with Crippen LogP contribution in [0.1, 0.15) is 74.8 Å². The Labute approximate surface area is 189 Å². The second kappa shape index (κ2) is 8.14. The summed E-state index contributed by atoms with van der Waals surface area (Å²) < 4.78 is 0. The highest BCUT2D eigenvalue weighted by Crippen LogP contribution is 2.61. The molecule has 4 bridgehead atoms. The van der Waals surface area contributed by atoms with Crippen LogP contribution in [0.3, 0.4) is 0 Å². The van der Waals surface area contributed by atoms with Crippen molar-refractivity contribution >= 4 is 22.7 Å². The van der Waals surface area contributed by atoms with Gasteiger partial charge in [0.25, 0.3) is 11.8 Å². The number of para-hydroxylation sites is 1. The van der Waals surface area contributed by atoms with Crippen LogP contribution in [0.4, 0.5) is 0 Å². The van der Waals surface area contributed by atoms with Gasteiger partial charge in [-0.15, -0.1) is 0 Å². The highest BCUT2D eigenvalue weighted by atomic mass is 16.2. The summed E-state index contributed by atoms with van der Waals surface area (Å²) in [6.07, 6.45) is 8.56. The summed E-state index contributed by atoms with van der Waals surface area (Å²) in [5.74, 6) is 1.69. The van der Waals surface area contributed by atoms with Crippen LogP contribution in [0.25, 0.3) is 10.9 Å². The third-order valence-corrected chi connectivity index (χ3v) is 8.42. The third-order valence-electron chi connectivity index (χ3n) is 8.42. The Kier molecular flexibility index (Phi) is 5.44. The fraction of sp³-hybridized carbons (Fsp3) is 0.577. The van der Waals surface area contributed by atoms with E-state index in [2.05, 4.69) is 28.0 Å². The molecule has 1 unspecified atom stereocenters. The number of amides is 2. The summed E-state index contributed by atoms with van der Waals surface area (Å²) in [7, 11) is 0. The van der Waals surface area contributed by atoms with Crippen molar-refractivity contribution in [3.05, 3.63) is 41.6 Å². The van der Waals surface area contributed by atoms with Crippen molar-refractivity contribution in [1.82, 2.24) is 15.8 Å². The largest absolute Gasteiger partial charge is 0.320 e. The van der Waals surface area contributed by atoms with Crippen LogP contribution in [-0.2, 0) is 10.2 Å². The smallest absolute Gasteiger partial charge is 0.288 e. The summed E-state index contributed by atoms with van der Waals surface area (Å²) in [6.45, 7) is 3.91. The molecule has 2 atom stereocenters. The van der Waals surface area contributed by atoms with E-state index < -0.39 is 11.9 Å². The van der Waals surface area contributed by atoms with Crippen LogP contribution in [0, 0.1) is 23.7 Å². The lowest BCUT2D eigenvalue weighted by atomic mass is 9.48. The number of fused-ring (bicyclic) bond motifs is 1. The minimum absolute atomic E-state index is 0.0355. The molecule has 4 fully saturated rings. The predicted octanol–water partition coefficient (Wildman–Crippen LogP) is 3.84. The number of aromatic nitrogens is 1. The maximum atomic E-state index is 13.0. The van der Waals surface area contributed by atoms with E-state index in [1.807, 2.05) is 32.0 Å². The number of hydrogen-bond donors (Lipinski definition) is 3. The number of nitrogens with one attached hydrogen (secondary N) is 2. The fourth-order valence-electron chi connectivity index (χ4n) is 6.95. The van der Waals surface area contributed by atoms with Crippen molar-refractivity contribution in [1.29, 1.82) is 0 Å². The zero-order valence-corrected chi connectivity index (χ0v) is 19.1. The number of nitrogens with zero attached hydrogens (tertiary/aromatic N) is 1. The van der Waals surface area contributed by atoms with Gasteiger partial charge in [-0.2, -0.15) is 0 Å². The van der Waals surface area contributed by atoms with E-state index in [9.17, 15) is 9.59 Å². The molecule has 6 rings (SSSR count). The first-order valence-electron chi connectivity index (χ1n) is 12.1. The Balaban J connectivity index is 1.44. The summed E-state index contributed by atoms with van der Waals surface area (Å²) in [5, 5.41) is 1.16. The molecule has 4 aliphatic carbocycles. The fourth-order valence-corrected chi connectivity index (χ4v) is 6.95. The minimum atomic E-state index is -0.660. The van der Waals surface area contributed by atoms with Gasteiger partial charge in [-0.1, -0.05) is 38.5 Å². The standard InChI is InChI=1S/C26H34N4O2/c1-3-15(2)23(27)25(32)30-29-24(31)22-11-20(19-6-4-5-7-21(19)28-22)26-12-16-8-17(13-26)10-18(9-16)14-26/h4-7,11,15-18,23H,3,8-10,12-14,27H2,1-2H3,(H,29,31)(H,30,32)/t15?,16?,17?,18?,23-,26?/m1/s1. The lowest BCUT2D eigenvalue weighted by Gasteiger charge is -2.57. The predicted molar refractivity (Wildman–Crippen MR) is 125 cm³/mol. The molecule has 1 heterocycles. The topological polar surface area (TPSA) is 97.1 Å². The van der Waals surface area contributed by atoms with E-state index in [1.54, 1.807) is 0 Å². The SMILES string of the molecule is CCC(C)[C@@H](N)C(=O)NNC(=O)c1cc(C23CC4CC(CC(C4)C2)C3)c2ccccc2n1. The lowest BCUT2D eigenvalue weighted by molar-refractivity contribution is -0.124. The molecular weight excluding hydrogens is 400 g/mol. The Morgan fingerprint density at radius 3 is 2.34 bits per heavy atom. The Morgan fingerprint density at radius 2 is 1.72 bits per heavy atom. The van der Waals surface area contributed by atoms with E-state index in [0.717, 1.165) is 35.1 Å². The number of hydrazine groups is 1. The second-order valence-electron chi connectivity index (χ2n) is 10.6. The average molecular weight is 435 g/mol. The first-order valence-corrected chi connectivity index (χ1v) is 12.1. The zero-order chi connectivity index (χ0) is 22.5. The van der Waals surface area contributed by atoms with Gasteiger partial charge in [0.05, 0.1) is 11.6 Å². The maximum absolute atomic E-state index is 13.0. The molecule has 6 heteroatoms. The van der Waals surface area contributed by atoms with Crippen LogP contribution in [0.5, 0.6) is 0 Å². The van der Waals surface area contributed by atoms with Gasteiger partial charge in [0.1, 0.15) is 5.69 Å². The average Bonchev–Trinajstić information content (AvgIpc) is 2.79. The van der Waals surface area contributed by atoms with Crippen molar-refractivity contribution in [3.8, 4) is 0 Å². The lowest BCUT2D eigenvalue weighted by Crippen LogP contribution is -2.51. The van der Waals surface area contributed by atoms with Crippen LogP contribution in [0.2, 0.25) is 0 Å². The molecule has 4 saturated carbocycles. The number of nitrogens with two attached hydrogens (primary N) is 1. The highest BCUT2D eigenvalue weighted by molar-refractivity contribution is 5.97. The van der Waals surface area contributed by atoms with Crippen molar-refractivity contribution < 1.29 is 9.59 Å². The number of carbonyl (C=O) groups is 2. The molecule has 32 heavy (non-hydrogen) atoms. The first kappa shape index (κ1) is 21.4. The molecule has 0 spiro atoms. The summed E-state index contributed by atoms with van der Waals surface area (Å²) in [6, 6.07) is 9.48. The van der Waals surface area contributed by atoms with Crippen molar-refractivity contribution in [2.75, 3.05) is 0 Å². The molecule has 170 valence electrons. The number of hydrogen-bond acceptors (Lipinski definition) is 4. The molecule has 4 aliphatic rings. The van der Waals surface area contributed by atoms with Gasteiger partial charge in [0.2, 0.25) is 0 Å². The Bertz CT molecular complexity index is 1010. The third kappa shape index (κ3) is 3.68. The molecule has 0 radical (unpaired) electrons. The van der Waals surface area contributed by atoms with Gasteiger partial charge < -0.3 is 5.73 Å². The van der Waals surface area contributed by atoms with Gasteiger partial charge in [0.15, 0.2) is 0 Å². The van der Waals surface area contributed by atoms with Gasteiger partial charge in [0, 0.05) is 5.39 Å². The Hall–Kier alpha value is -2.47. The molecule has 1 aromatic heterocycles. The van der Waals surface area contributed by atoms with E-state index in [1.165, 1.54) is 44.1 Å². The highest BCUT2D eigenvalue weighted by Gasteiger charge is 2.52. The number of carbonyl (C=O) groups excluding carboxylic acids is 2. The number of rotatable bonds is 5. The molecule has 2 aromatic rings. The normalized spacial score (nSPS) is 30.2. The van der Waals surface area contributed by atoms with Crippen LogP contribution in [0.15, 0.2) is 30.3 Å². The maximum Gasteiger partial charge on any atom is 0.288 e. The molecule has 2 amide bonds. The molecule has 1 aromatic carbocycles. The van der Waals surface area contributed by atoms with Gasteiger partial charge in [-0.25, -0.2) is 4.98 Å². The van der Waals surface area contributed by atoms with E-state index in [-0.39, 0.29) is 17.2 Å². The monoisotopic (exact) mass is 434 g/mol. The molecule has 6 nitrogen and oxygen atoms in total. The Morgan fingerprint density at radius 1 is 1.09 bits per heavy atom. The molecule has 0 aliphatic heterocycles. The van der Waals surface area contributed by atoms with E-state index in [0.29, 0.717) is 5.69 Å². The molecule has 0 saturated heterocycles. The second-order valence-corrected chi connectivity index (χ2v) is 10.6. The number of benzene rings is 1. The van der Waals surface area contributed by atoms with Crippen molar-refractivity contribution in [2.45, 2.75) is 70.3 Å². The van der Waals surface area contributed by atoms with Gasteiger partial charge in [-0.3, -0.25) is 20.4 Å². The minimum Gasteiger partial charge on any atom is -0.320 e. The molecule has 4 N–H and O–H groups in total.